The number of carbonyl (C=O) groups is 1. The third-order valence-electron chi connectivity index (χ3n) is 0.737. The minimum atomic E-state index is -0.253. The third-order valence-corrected chi connectivity index (χ3v) is 1.80. The molecule has 0 spiro atoms. The molecule has 9 heavy (non-hydrogen) atoms. The molecule has 1 amide bonds. The minimum Gasteiger partial charge on any atom is -0.369 e. The van der Waals surface area contributed by atoms with Gasteiger partial charge in [0.2, 0.25) is 5.91 Å². The van der Waals surface area contributed by atoms with Crippen molar-refractivity contribution < 1.29 is 4.79 Å². The van der Waals surface area contributed by atoms with Crippen LogP contribution in [0.3, 0.4) is 0 Å². The first-order chi connectivity index (χ1) is 4.27. The average molecular weight is 148 g/mol. The number of carbonyl (C=O) groups excluding carboxylic acids is 1. The van der Waals surface area contributed by atoms with Crippen molar-refractivity contribution in [1.29, 1.82) is 0 Å². The van der Waals surface area contributed by atoms with Gasteiger partial charge in [0, 0.05) is 0 Å². The zero-order valence-corrected chi connectivity index (χ0v) is 6.12. The number of amides is 1. The third kappa shape index (κ3) is 7.78. The molecular formula is C5H12N2OS. The standard InChI is InChI=1S/C5H12N2OS/c6-2-1-3-9-4-5(7)8/h1-4,6H2,(H2,7,8). The van der Waals surface area contributed by atoms with Gasteiger partial charge in [0.05, 0.1) is 5.75 Å². The maximum atomic E-state index is 10.1. The van der Waals surface area contributed by atoms with Gasteiger partial charge in [-0.3, -0.25) is 4.79 Å². The monoisotopic (exact) mass is 148 g/mol. The fourth-order valence-electron chi connectivity index (χ4n) is 0.358. The molecular weight excluding hydrogens is 136 g/mol. The van der Waals surface area contributed by atoms with Crippen LogP contribution in [0, 0.1) is 0 Å². The van der Waals surface area contributed by atoms with Crippen molar-refractivity contribution in [2.45, 2.75) is 6.42 Å². The lowest BCUT2D eigenvalue weighted by Gasteiger charge is -1.94. The van der Waals surface area contributed by atoms with E-state index in [-0.39, 0.29) is 5.91 Å². The SMILES string of the molecule is NCCCSCC(N)=O. The molecule has 4 N–H and O–H groups in total. The molecule has 0 radical (unpaired) electrons. The van der Waals surface area contributed by atoms with Gasteiger partial charge in [-0.25, -0.2) is 0 Å². The molecule has 0 saturated carbocycles. The normalized spacial score (nSPS) is 9.44. The van der Waals surface area contributed by atoms with Gasteiger partial charge in [-0.1, -0.05) is 0 Å². The second-order valence-electron chi connectivity index (χ2n) is 1.66. The fraction of sp³-hybridized carbons (Fsp3) is 0.800. The lowest BCUT2D eigenvalue weighted by atomic mass is 10.5. The Bertz CT molecular complexity index is 87.0. The van der Waals surface area contributed by atoms with Crippen LogP contribution < -0.4 is 11.5 Å². The van der Waals surface area contributed by atoms with Crippen molar-refractivity contribution in [3.63, 3.8) is 0 Å². The summed E-state index contributed by atoms with van der Waals surface area (Å²) < 4.78 is 0. The maximum Gasteiger partial charge on any atom is 0.227 e. The van der Waals surface area contributed by atoms with E-state index in [1.165, 1.54) is 11.8 Å². The Hall–Kier alpha value is -0.220. The van der Waals surface area contributed by atoms with Gasteiger partial charge in [0.25, 0.3) is 0 Å². The molecule has 0 aliphatic carbocycles. The van der Waals surface area contributed by atoms with Gasteiger partial charge in [0.15, 0.2) is 0 Å². The van der Waals surface area contributed by atoms with Crippen molar-refractivity contribution >= 4 is 17.7 Å². The molecule has 0 fully saturated rings. The summed E-state index contributed by atoms with van der Waals surface area (Å²) in [7, 11) is 0. The van der Waals surface area contributed by atoms with E-state index < -0.39 is 0 Å². The first-order valence-corrected chi connectivity index (χ1v) is 3.99. The number of hydrogen-bond acceptors (Lipinski definition) is 3. The van der Waals surface area contributed by atoms with Gasteiger partial charge < -0.3 is 11.5 Å². The van der Waals surface area contributed by atoms with Gasteiger partial charge >= 0.3 is 0 Å². The van der Waals surface area contributed by atoms with E-state index in [0.29, 0.717) is 12.3 Å². The Kier molecular flexibility index (Phi) is 5.76. The van der Waals surface area contributed by atoms with Gasteiger partial charge in [-0.15, -0.1) is 0 Å². The summed E-state index contributed by atoms with van der Waals surface area (Å²) in [5, 5.41) is 0. The number of rotatable bonds is 5. The van der Waals surface area contributed by atoms with Crippen LogP contribution >= 0.6 is 11.8 Å². The minimum absolute atomic E-state index is 0.253. The molecule has 0 aromatic rings. The molecule has 0 heterocycles. The average Bonchev–Trinajstić information content (AvgIpc) is 1.80. The Morgan fingerprint density at radius 1 is 1.56 bits per heavy atom. The van der Waals surface area contributed by atoms with Crippen molar-refractivity contribution in [1.82, 2.24) is 0 Å². The van der Waals surface area contributed by atoms with E-state index in [9.17, 15) is 4.79 Å². The van der Waals surface area contributed by atoms with Crippen LogP contribution in [-0.2, 0) is 4.79 Å². The van der Waals surface area contributed by atoms with Crippen LogP contribution in [0.25, 0.3) is 0 Å². The molecule has 0 aliphatic heterocycles. The summed E-state index contributed by atoms with van der Waals surface area (Å²) in [6.45, 7) is 0.686. The lowest BCUT2D eigenvalue weighted by molar-refractivity contribution is -0.115. The predicted octanol–water partition coefficient (Wildman–Crippen LogP) is -0.446. The van der Waals surface area contributed by atoms with Crippen LogP contribution in [0.2, 0.25) is 0 Å². The first-order valence-electron chi connectivity index (χ1n) is 2.83. The predicted molar refractivity (Wildman–Crippen MR) is 40.2 cm³/mol. The second-order valence-corrected chi connectivity index (χ2v) is 2.77. The Morgan fingerprint density at radius 3 is 2.67 bits per heavy atom. The van der Waals surface area contributed by atoms with Crippen molar-refractivity contribution in [2.24, 2.45) is 11.5 Å². The zero-order valence-electron chi connectivity index (χ0n) is 5.30. The van der Waals surface area contributed by atoms with Gasteiger partial charge in [-0.2, -0.15) is 11.8 Å². The van der Waals surface area contributed by atoms with Gasteiger partial charge in [-0.05, 0) is 18.7 Å². The summed E-state index contributed by atoms with van der Waals surface area (Å²) in [6, 6.07) is 0. The molecule has 54 valence electrons. The van der Waals surface area contributed by atoms with E-state index in [1.807, 2.05) is 0 Å². The van der Waals surface area contributed by atoms with Crippen molar-refractivity contribution in [3.05, 3.63) is 0 Å². The Labute approximate surface area is 59.2 Å². The van der Waals surface area contributed by atoms with E-state index in [0.717, 1.165) is 12.2 Å². The largest absolute Gasteiger partial charge is 0.369 e. The van der Waals surface area contributed by atoms with E-state index >= 15 is 0 Å². The molecule has 0 aromatic heterocycles. The molecule has 4 heteroatoms. The number of thioether (sulfide) groups is 1. The second kappa shape index (κ2) is 5.91. The van der Waals surface area contributed by atoms with E-state index in [4.69, 9.17) is 11.5 Å². The Balaban J connectivity index is 2.83. The van der Waals surface area contributed by atoms with Crippen LogP contribution in [0.1, 0.15) is 6.42 Å². The van der Waals surface area contributed by atoms with Crippen LogP contribution in [-0.4, -0.2) is 24.0 Å². The molecule has 0 bridgehead atoms. The summed E-state index contributed by atoms with van der Waals surface area (Å²) >= 11 is 1.53. The van der Waals surface area contributed by atoms with Crippen LogP contribution in [0.5, 0.6) is 0 Å². The fourth-order valence-corrected chi connectivity index (χ4v) is 1.07. The highest BCUT2D eigenvalue weighted by Gasteiger charge is 1.91. The molecule has 0 atom stereocenters. The van der Waals surface area contributed by atoms with Crippen molar-refractivity contribution in [2.75, 3.05) is 18.1 Å². The van der Waals surface area contributed by atoms with Crippen molar-refractivity contribution in [3.8, 4) is 0 Å². The Morgan fingerprint density at radius 2 is 2.22 bits per heavy atom. The van der Waals surface area contributed by atoms with Gasteiger partial charge in [0.1, 0.15) is 0 Å². The van der Waals surface area contributed by atoms with E-state index in [2.05, 4.69) is 0 Å². The molecule has 0 aromatic carbocycles. The summed E-state index contributed by atoms with van der Waals surface area (Å²) in [5.74, 6) is 1.09. The zero-order chi connectivity index (χ0) is 7.11. The lowest BCUT2D eigenvalue weighted by Crippen LogP contribution is -2.13. The molecule has 0 unspecified atom stereocenters. The molecule has 3 nitrogen and oxygen atoms in total. The van der Waals surface area contributed by atoms with E-state index in [1.54, 1.807) is 0 Å². The quantitative estimate of drug-likeness (QED) is 0.519. The smallest absolute Gasteiger partial charge is 0.227 e. The summed E-state index contributed by atoms with van der Waals surface area (Å²) in [4.78, 5) is 10.1. The first kappa shape index (κ1) is 8.78. The highest BCUT2D eigenvalue weighted by molar-refractivity contribution is 7.99. The summed E-state index contributed by atoms with van der Waals surface area (Å²) in [5.41, 5.74) is 10.1. The number of primary amides is 1. The summed E-state index contributed by atoms with van der Waals surface area (Å²) in [6.07, 6.45) is 0.956. The molecule has 0 saturated heterocycles. The number of hydrogen-bond donors (Lipinski definition) is 2. The molecule has 0 aliphatic rings. The maximum absolute atomic E-state index is 10.1. The number of nitrogens with two attached hydrogens (primary N) is 2. The topological polar surface area (TPSA) is 69.1 Å². The van der Waals surface area contributed by atoms with Crippen LogP contribution in [0.4, 0.5) is 0 Å². The highest BCUT2D eigenvalue weighted by Crippen LogP contribution is 1.99. The molecule has 0 rings (SSSR count). The van der Waals surface area contributed by atoms with Crippen LogP contribution in [0.15, 0.2) is 0 Å². The highest BCUT2D eigenvalue weighted by atomic mass is 32.2.